The smallest absolute Gasteiger partial charge is 0.323 e. The summed E-state index contributed by atoms with van der Waals surface area (Å²) in [4.78, 5) is 16.2. The van der Waals surface area contributed by atoms with Crippen LogP contribution in [0.15, 0.2) is 18.7 Å². The van der Waals surface area contributed by atoms with Gasteiger partial charge >= 0.3 is 6.01 Å². The third-order valence-electron chi connectivity index (χ3n) is 2.39. The number of nitrogens with one attached hydrogen (secondary N) is 2. The standard InChI is InChI=1S/C11H18N8O/c1-2-7-20-11-16-9(15-10(17-11)18-12)14-4-6-19-5-3-13-8-19/h3,5,8H,2,4,6-7,12H2,1H3,(H2,14,15,16,17,18). The lowest BCUT2D eigenvalue weighted by Crippen LogP contribution is -2.16. The highest BCUT2D eigenvalue weighted by Gasteiger charge is 2.06. The molecule has 2 aromatic rings. The first kappa shape index (κ1) is 14.0. The number of hydrogen-bond acceptors (Lipinski definition) is 8. The van der Waals surface area contributed by atoms with Crippen LogP contribution in [0.5, 0.6) is 6.01 Å². The third kappa shape index (κ3) is 4.05. The lowest BCUT2D eigenvalue weighted by atomic mass is 10.5. The van der Waals surface area contributed by atoms with Gasteiger partial charge in [-0.1, -0.05) is 6.92 Å². The molecule has 0 fully saturated rings. The molecule has 2 rings (SSSR count). The first-order valence-electron chi connectivity index (χ1n) is 6.37. The van der Waals surface area contributed by atoms with Crippen LogP contribution in [0, 0.1) is 0 Å². The summed E-state index contributed by atoms with van der Waals surface area (Å²) in [6.07, 6.45) is 6.24. The van der Waals surface area contributed by atoms with Crippen molar-refractivity contribution in [1.29, 1.82) is 0 Å². The van der Waals surface area contributed by atoms with E-state index < -0.39 is 0 Å². The molecule has 2 heterocycles. The van der Waals surface area contributed by atoms with Crippen LogP contribution in [-0.2, 0) is 6.54 Å². The molecule has 0 bridgehead atoms. The molecule has 0 aliphatic heterocycles. The van der Waals surface area contributed by atoms with E-state index in [9.17, 15) is 0 Å². The Kier molecular flexibility index (Phi) is 5.07. The molecule has 0 radical (unpaired) electrons. The Morgan fingerprint density at radius 3 is 2.85 bits per heavy atom. The number of hydrazine groups is 1. The van der Waals surface area contributed by atoms with Crippen LogP contribution in [-0.4, -0.2) is 37.7 Å². The van der Waals surface area contributed by atoms with Crippen molar-refractivity contribution in [3.63, 3.8) is 0 Å². The number of nitrogens with zero attached hydrogens (tertiary/aromatic N) is 5. The van der Waals surface area contributed by atoms with E-state index in [4.69, 9.17) is 10.6 Å². The predicted molar refractivity (Wildman–Crippen MR) is 74.1 cm³/mol. The average Bonchev–Trinajstić information content (AvgIpc) is 2.98. The van der Waals surface area contributed by atoms with E-state index >= 15 is 0 Å². The number of imidazole rings is 1. The highest BCUT2D eigenvalue weighted by molar-refractivity contribution is 5.34. The Morgan fingerprint density at radius 1 is 1.30 bits per heavy atom. The van der Waals surface area contributed by atoms with Crippen molar-refractivity contribution < 1.29 is 4.74 Å². The number of nitrogens with two attached hydrogens (primary N) is 1. The van der Waals surface area contributed by atoms with Gasteiger partial charge in [0.15, 0.2) is 0 Å². The number of ether oxygens (including phenoxy) is 1. The van der Waals surface area contributed by atoms with Gasteiger partial charge in [0.25, 0.3) is 0 Å². The molecule has 4 N–H and O–H groups in total. The summed E-state index contributed by atoms with van der Waals surface area (Å²) < 4.78 is 7.33. The van der Waals surface area contributed by atoms with Gasteiger partial charge in [0.1, 0.15) is 0 Å². The molecule has 0 aliphatic rings. The summed E-state index contributed by atoms with van der Waals surface area (Å²) in [5, 5.41) is 3.09. The van der Waals surface area contributed by atoms with Gasteiger partial charge in [0.05, 0.1) is 12.9 Å². The summed E-state index contributed by atoms with van der Waals surface area (Å²) in [7, 11) is 0. The molecule has 0 amide bonds. The van der Waals surface area contributed by atoms with E-state index in [0.29, 0.717) is 19.1 Å². The summed E-state index contributed by atoms with van der Waals surface area (Å²) in [5.41, 5.74) is 2.39. The zero-order valence-electron chi connectivity index (χ0n) is 11.3. The lowest BCUT2D eigenvalue weighted by Gasteiger charge is -2.09. The van der Waals surface area contributed by atoms with Crippen molar-refractivity contribution in [2.24, 2.45) is 5.84 Å². The Morgan fingerprint density at radius 2 is 2.15 bits per heavy atom. The van der Waals surface area contributed by atoms with Crippen LogP contribution in [0.2, 0.25) is 0 Å². The summed E-state index contributed by atoms with van der Waals surface area (Å²) in [6, 6.07) is 0.250. The van der Waals surface area contributed by atoms with E-state index in [0.717, 1.165) is 13.0 Å². The Bertz CT molecular complexity index is 515. The Balaban J connectivity index is 1.94. The molecule has 20 heavy (non-hydrogen) atoms. The molecule has 0 aromatic carbocycles. The van der Waals surface area contributed by atoms with E-state index in [-0.39, 0.29) is 12.0 Å². The monoisotopic (exact) mass is 278 g/mol. The highest BCUT2D eigenvalue weighted by atomic mass is 16.5. The fraction of sp³-hybridized carbons (Fsp3) is 0.455. The summed E-state index contributed by atoms with van der Waals surface area (Å²) >= 11 is 0. The van der Waals surface area contributed by atoms with Gasteiger partial charge in [-0.05, 0) is 6.42 Å². The molecule has 9 nitrogen and oxygen atoms in total. The number of rotatable bonds is 8. The maximum atomic E-state index is 5.38. The first-order chi connectivity index (χ1) is 9.81. The van der Waals surface area contributed by atoms with Gasteiger partial charge in [0, 0.05) is 25.5 Å². The summed E-state index contributed by atoms with van der Waals surface area (Å²) in [5.74, 6) is 6.00. The second-order valence-electron chi connectivity index (χ2n) is 3.99. The fourth-order valence-electron chi connectivity index (χ4n) is 1.47. The molecule has 0 saturated carbocycles. The van der Waals surface area contributed by atoms with Crippen LogP contribution in [0.3, 0.4) is 0 Å². The maximum absolute atomic E-state index is 5.38. The average molecular weight is 278 g/mol. The Labute approximate surface area is 116 Å². The SMILES string of the molecule is CCCOc1nc(NN)nc(NCCn2ccnc2)n1. The van der Waals surface area contributed by atoms with Gasteiger partial charge in [-0.25, -0.2) is 10.8 Å². The highest BCUT2D eigenvalue weighted by Crippen LogP contribution is 2.10. The molecule has 0 aliphatic carbocycles. The molecule has 0 unspecified atom stereocenters. The van der Waals surface area contributed by atoms with E-state index in [1.165, 1.54) is 0 Å². The van der Waals surface area contributed by atoms with Crippen molar-refractivity contribution in [1.82, 2.24) is 24.5 Å². The zero-order valence-corrected chi connectivity index (χ0v) is 11.3. The third-order valence-corrected chi connectivity index (χ3v) is 2.39. The van der Waals surface area contributed by atoms with Crippen molar-refractivity contribution in [3.8, 4) is 6.01 Å². The largest absolute Gasteiger partial charge is 0.463 e. The van der Waals surface area contributed by atoms with Gasteiger partial charge < -0.3 is 14.6 Å². The van der Waals surface area contributed by atoms with Crippen molar-refractivity contribution in [2.45, 2.75) is 19.9 Å². The number of hydrogen-bond donors (Lipinski definition) is 3. The normalized spacial score (nSPS) is 10.3. The molecular formula is C11H18N8O. The van der Waals surface area contributed by atoms with Gasteiger partial charge in [-0.3, -0.25) is 5.43 Å². The minimum absolute atomic E-state index is 0.250. The van der Waals surface area contributed by atoms with Gasteiger partial charge in [-0.2, -0.15) is 15.0 Å². The van der Waals surface area contributed by atoms with Crippen LogP contribution in [0.1, 0.15) is 13.3 Å². The van der Waals surface area contributed by atoms with Crippen LogP contribution in [0.4, 0.5) is 11.9 Å². The van der Waals surface area contributed by atoms with Gasteiger partial charge in [0.2, 0.25) is 11.9 Å². The van der Waals surface area contributed by atoms with Crippen LogP contribution in [0.25, 0.3) is 0 Å². The minimum Gasteiger partial charge on any atom is -0.463 e. The zero-order chi connectivity index (χ0) is 14.2. The van der Waals surface area contributed by atoms with Crippen molar-refractivity contribution in [3.05, 3.63) is 18.7 Å². The minimum atomic E-state index is 0.250. The number of nitrogen functional groups attached to an aromatic ring is 1. The molecule has 9 heteroatoms. The first-order valence-corrected chi connectivity index (χ1v) is 6.37. The number of aromatic nitrogens is 5. The van der Waals surface area contributed by atoms with Gasteiger partial charge in [-0.15, -0.1) is 0 Å². The lowest BCUT2D eigenvalue weighted by molar-refractivity contribution is 0.292. The van der Waals surface area contributed by atoms with E-state index in [2.05, 4.69) is 30.7 Å². The molecule has 0 saturated heterocycles. The van der Waals surface area contributed by atoms with Crippen molar-refractivity contribution in [2.75, 3.05) is 23.9 Å². The molecular weight excluding hydrogens is 260 g/mol. The molecule has 108 valence electrons. The van der Waals surface area contributed by atoms with Crippen molar-refractivity contribution >= 4 is 11.9 Å². The molecule has 0 spiro atoms. The topological polar surface area (TPSA) is 116 Å². The Hall–Kier alpha value is -2.42. The summed E-state index contributed by atoms with van der Waals surface area (Å²) in [6.45, 7) is 3.95. The predicted octanol–water partition coefficient (Wildman–Crippen LogP) is 0.255. The van der Waals surface area contributed by atoms with E-state index in [1.807, 2.05) is 17.7 Å². The van der Waals surface area contributed by atoms with Crippen LogP contribution < -0.4 is 21.3 Å². The molecule has 2 aromatic heterocycles. The second kappa shape index (κ2) is 7.24. The fourth-order valence-corrected chi connectivity index (χ4v) is 1.47. The quantitative estimate of drug-likeness (QED) is 0.465. The maximum Gasteiger partial charge on any atom is 0.323 e. The molecule has 0 atom stereocenters. The van der Waals surface area contributed by atoms with Crippen LogP contribution >= 0.6 is 0 Å². The second-order valence-corrected chi connectivity index (χ2v) is 3.99. The number of anilines is 2. The van der Waals surface area contributed by atoms with E-state index in [1.54, 1.807) is 12.5 Å².